The van der Waals surface area contributed by atoms with Crippen molar-refractivity contribution in [3.63, 3.8) is 0 Å². The molecule has 0 spiro atoms. The van der Waals surface area contributed by atoms with Crippen LogP contribution in [0.4, 0.5) is 0 Å². The molecular formula is C36H55BN6O6. The second-order valence-corrected chi connectivity index (χ2v) is 13.6. The first-order valence-electron chi connectivity index (χ1n) is 17.6. The van der Waals surface area contributed by atoms with E-state index in [0.717, 1.165) is 11.1 Å². The zero-order chi connectivity index (χ0) is 35.8. The van der Waals surface area contributed by atoms with Gasteiger partial charge in [0.1, 0.15) is 18.1 Å². The van der Waals surface area contributed by atoms with E-state index in [4.69, 9.17) is 11.5 Å². The molecule has 0 saturated heterocycles. The molecule has 4 amide bonds. The summed E-state index contributed by atoms with van der Waals surface area (Å²) in [5.41, 5.74) is 13.7. The van der Waals surface area contributed by atoms with Gasteiger partial charge < -0.3 is 42.8 Å². The summed E-state index contributed by atoms with van der Waals surface area (Å²) in [4.78, 5) is 54.3. The number of hydrogen-bond donors (Lipinski definition) is 8. The summed E-state index contributed by atoms with van der Waals surface area (Å²) < 4.78 is 0. The molecule has 1 unspecified atom stereocenters. The molecule has 49 heavy (non-hydrogen) atoms. The smallest absolute Gasteiger partial charge is 0.427 e. The molecule has 13 heteroatoms. The van der Waals surface area contributed by atoms with Crippen molar-refractivity contribution < 1.29 is 29.2 Å². The lowest BCUT2D eigenvalue weighted by molar-refractivity contribution is -0.134. The highest BCUT2D eigenvalue weighted by Gasteiger charge is 2.33. The summed E-state index contributed by atoms with van der Waals surface area (Å²) in [7, 11) is -1.38. The number of amides is 4. The summed E-state index contributed by atoms with van der Waals surface area (Å²) in [5.74, 6) is -2.02. The van der Waals surface area contributed by atoms with E-state index in [1.165, 1.54) is 0 Å². The van der Waals surface area contributed by atoms with E-state index in [0.29, 0.717) is 64.3 Å². The van der Waals surface area contributed by atoms with Crippen molar-refractivity contribution in [2.45, 2.75) is 114 Å². The Morgan fingerprint density at radius 3 is 1.82 bits per heavy atom. The SMILES string of the molecule is CC(C)CC(NC(=O)[C@@H](Cc1ccccc1)NC(=O)[C@H](N)Cc1ccccc1)C(=O)N[C@H](CCCCN)C(=O)NC1CCC(B(O)O)CC1. The zero-order valence-electron chi connectivity index (χ0n) is 28.9. The number of hydrogen-bond acceptors (Lipinski definition) is 8. The van der Waals surface area contributed by atoms with E-state index in [-0.39, 0.29) is 30.1 Å². The molecule has 1 aliphatic rings. The fourth-order valence-corrected chi connectivity index (χ4v) is 6.17. The summed E-state index contributed by atoms with van der Waals surface area (Å²) in [5, 5.41) is 30.6. The Morgan fingerprint density at radius 2 is 1.27 bits per heavy atom. The van der Waals surface area contributed by atoms with Crippen LogP contribution in [0.2, 0.25) is 5.82 Å². The van der Waals surface area contributed by atoms with Crippen molar-refractivity contribution in [1.82, 2.24) is 21.3 Å². The van der Waals surface area contributed by atoms with Crippen molar-refractivity contribution in [3.05, 3.63) is 71.8 Å². The Hall–Kier alpha value is -3.78. The van der Waals surface area contributed by atoms with E-state index in [9.17, 15) is 29.2 Å². The van der Waals surface area contributed by atoms with Crippen molar-refractivity contribution in [1.29, 1.82) is 0 Å². The largest absolute Gasteiger partial charge is 0.454 e. The van der Waals surface area contributed by atoms with Crippen LogP contribution in [-0.2, 0) is 32.0 Å². The molecule has 1 saturated carbocycles. The van der Waals surface area contributed by atoms with Gasteiger partial charge in [-0.3, -0.25) is 19.2 Å². The molecule has 1 fully saturated rings. The molecule has 10 N–H and O–H groups in total. The lowest BCUT2D eigenvalue weighted by Crippen LogP contribution is -2.59. The lowest BCUT2D eigenvalue weighted by atomic mass is 9.64. The van der Waals surface area contributed by atoms with Crippen molar-refractivity contribution >= 4 is 30.7 Å². The van der Waals surface area contributed by atoms with Crippen LogP contribution < -0.4 is 32.7 Å². The first kappa shape index (κ1) is 39.7. The number of carbonyl (C=O) groups excluding carboxylic acids is 4. The van der Waals surface area contributed by atoms with Gasteiger partial charge in [-0.15, -0.1) is 0 Å². The zero-order valence-corrected chi connectivity index (χ0v) is 28.9. The van der Waals surface area contributed by atoms with Gasteiger partial charge >= 0.3 is 7.12 Å². The minimum absolute atomic E-state index is 0.0269. The number of benzene rings is 2. The molecule has 268 valence electrons. The Balaban J connectivity index is 1.73. The monoisotopic (exact) mass is 678 g/mol. The maximum Gasteiger partial charge on any atom is 0.454 e. The van der Waals surface area contributed by atoms with Gasteiger partial charge in [0, 0.05) is 12.5 Å². The Bertz CT molecular complexity index is 1310. The van der Waals surface area contributed by atoms with Gasteiger partial charge in [0.05, 0.1) is 6.04 Å². The van der Waals surface area contributed by atoms with Crippen LogP contribution in [0.3, 0.4) is 0 Å². The van der Waals surface area contributed by atoms with Crippen molar-refractivity contribution in [2.75, 3.05) is 6.54 Å². The molecule has 12 nitrogen and oxygen atoms in total. The van der Waals surface area contributed by atoms with Crippen LogP contribution in [-0.4, -0.2) is 77.5 Å². The van der Waals surface area contributed by atoms with E-state index < -0.39 is 49.0 Å². The molecule has 3 rings (SSSR count). The van der Waals surface area contributed by atoms with Crippen LogP contribution in [0, 0.1) is 5.92 Å². The number of carbonyl (C=O) groups is 4. The maximum atomic E-state index is 13.9. The standard InChI is InChI=1S/C36H55BN6O6/c1-24(2)21-31(35(46)41-30(15-9-10-20-38)34(45)40-28-18-16-27(17-19-28)37(48)49)43-36(47)32(23-26-13-7-4-8-14-26)42-33(44)29(39)22-25-11-5-3-6-12-25/h3-8,11-14,24,27-32,48-49H,9-10,15-23,38-39H2,1-2H3,(H,40,45)(H,41,46)(H,42,44)(H,43,47)/t27?,28?,29-,30-,31?,32-/m1/s1. The fourth-order valence-electron chi connectivity index (χ4n) is 6.17. The van der Waals surface area contributed by atoms with Gasteiger partial charge in [-0.05, 0) is 74.4 Å². The van der Waals surface area contributed by atoms with E-state index in [1.807, 2.05) is 74.5 Å². The van der Waals surface area contributed by atoms with Gasteiger partial charge in [0.15, 0.2) is 0 Å². The topological polar surface area (TPSA) is 209 Å². The third-order valence-corrected chi connectivity index (χ3v) is 9.01. The highest BCUT2D eigenvalue weighted by molar-refractivity contribution is 6.43. The van der Waals surface area contributed by atoms with Gasteiger partial charge in [0.2, 0.25) is 23.6 Å². The molecule has 0 radical (unpaired) electrons. The number of nitrogens with one attached hydrogen (secondary N) is 4. The van der Waals surface area contributed by atoms with Crippen LogP contribution >= 0.6 is 0 Å². The van der Waals surface area contributed by atoms with Gasteiger partial charge in [-0.1, -0.05) is 87.4 Å². The minimum atomic E-state index is -1.38. The summed E-state index contributed by atoms with van der Waals surface area (Å²) in [6, 6.07) is 14.8. The predicted octanol–water partition coefficient (Wildman–Crippen LogP) is 1.33. The molecule has 2 aromatic carbocycles. The predicted molar refractivity (Wildman–Crippen MR) is 191 cm³/mol. The number of unbranched alkanes of at least 4 members (excludes halogenated alkanes) is 1. The molecule has 0 bridgehead atoms. The van der Waals surface area contributed by atoms with Crippen LogP contribution in [0.1, 0.15) is 76.3 Å². The third-order valence-electron chi connectivity index (χ3n) is 9.01. The molecule has 1 aliphatic carbocycles. The molecule has 4 atom stereocenters. The van der Waals surface area contributed by atoms with Crippen LogP contribution in [0.5, 0.6) is 0 Å². The molecule has 0 aliphatic heterocycles. The first-order chi connectivity index (χ1) is 23.5. The van der Waals surface area contributed by atoms with Crippen molar-refractivity contribution in [3.8, 4) is 0 Å². The number of rotatable bonds is 19. The van der Waals surface area contributed by atoms with E-state index >= 15 is 0 Å². The first-order valence-corrected chi connectivity index (χ1v) is 17.6. The van der Waals surface area contributed by atoms with Crippen LogP contribution in [0.25, 0.3) is 0 Å². The van der Waals surface area contributed by atoms with Gasteiger partial charge in [0.25, 0.3) is 0 Å². The van der Waals surface area contributed by atoms with Crippen LogP contribution in [0.15, 0.2) is 60.7 Å². The summed E-state index contributed by atoms with van der Waals surface area (Å²) in [6.07, 6.45) is 4.82. The summed E-state index contributed by atoms with van der Waals surface area (Å²) >= 11 is 0. The summed E-state index contributed by atoms with van der Waals surface area (Å²) in [6.45, 7) is 4.32. The van der Waals surface area contributed by atoms with E-state index in [2.05, 4.69) is 21.3 Å². The van der Waals surface area contributed by atoms with Gasteiger partial charge in [-0.2, -0.15) is 0 Å². The Kier molecular flexibility index (Phi) is 16.7. The number of nitrogens with two attached hydrogens (primary N) is 2. The van der Waals surface area contributed by atoms with E-state index in [1.54, 1.807) is 0 Å². The maximum absolute atomic E-state index is 13.9. The Morgan fingerprint density at radius 1 is 0.735 bits per heavy atom. The molecule has 0 heterocycles. The molecular weight excluding hydrogens is 623 g/mol. The highest BCUT2D eigenvalue weighted by Crippen LogP contribution is 2.30. The Labute approximate surface area is 290 Å². The molecule has 0 aromatic heterocycles. The normalized spacial score (nSPS) is 18.4. The minimum Gasteiger partial charge on any atom is -0.427 e. The quantitative estimate of drug-likeness (QED) is 0.0801. The average molecular weight is 679 g/mol. The average Bonchev–Trinajstić information content (AvgIpc) is 3.08. The lowest BCUT2D eigenvalue weighted by Gasteiger charge is -2.31. The fraction of sp³-hybridized carbons (Fsp3) is 0.556. The third kappa shape index (κ3) is 13.9. The second-order valence-electron chi connectivity index (χ2n) is 13.6. The van der Waals surface area contributed by atoms with Crippen molar-refractivity contribution in [2.24, 2.45) is 17.4 Å². The second kappa shape index (κ2) is 20.7. The highest BCUT2D eigenvalue weighted by atomic mass is 16.4. The van der Waals surface area contributed by atoms with Gasteiger partial charge in [-0.25, -0.2) is 0 Å². The molecule has 2 aromatic rings.